The normalized spacial score (nSPS) is 18.4. The van der Waals surface area contributed by atoms with Crippen LogP contribution in [0.4, 0.5) is 0 Å². The van der Waals surface area contributed by atoms with Gasteiger partial charge in [0.05, 0.1) is 11.0 Å². The van der Waals surface area contributed by atoms with Gasteiger partial charge in [0.15, 0.2) is 0 Å². The first-order valence-corrected chi connectivity index (χ1v) is 8.16. The Hall–Kier alpha value is -2.08. The van der Waals surface area contributed by atoms with E-state index in [9.17, 15) is 14.4 Å². The Balaban J connectivity index is 2.07. The third kappa shape index (κ3) is 2.79. The Labute approximate surface area is 138 Å². The summed E-state index contributed by atoms with van der Waals surface area (Å²) >= 11 is 5.73. The van der Waals surface area contributed by atoms with Gasteiger partial charge < -0.3 is 0 Å². The number of imide groups is 1. The molecular weight excluding hydrogens is 318 g/mol. The maximum Gasteiger partial charge on any atom is 0.329 e. The number of benzene rings is 1. The molecule has 2 amide bonds. The lowest BCUT2D eigenvalue weighted by Gasteiger charge is -2.21. The first-order chi connectivity index (χ1) is 11.0. The van der Waals surface area contributed by atoms with Crippen molar-refractivity contribution in [3.8, 4) is 0 Å². The number of halogens is 1. The molecule has 1 atom stereocenters. The highest BCUT2D eigenvalue weighted by Gasteiger charge is 2.31. The van der Waals surface area contributed by atoms with E-state index in [-0.39, 0.29) is 18.0 Å². The van der Waals surface area contributed by atoms with Gasteiger partial charge in [-0.15, -0.1) is 11.6 Å². The fourth-order valence-electron chi connectivity index (χ4n) is 3.07. The van der Waals surface area contributed by atoms with E-state index in [1.54, 1.807) is 11.6 Å². The number of hydrogen-bond donors (Lipinski definition) is 1. The van der Waals surface area contributed by atoms with Gasteiger partial charge >= 0.3 is 5.69 Å². The van der Waals surface area contributed by atoms with Crippen LogP contribution >= 0.6 is 11.6 Å². The minimum Gasteiger partial charge on any atom is -0.295 e. The molecule has 6 nitrogen and oxygen atoms in total. The lowest BCUT2D eigenvalue weighted by molar-refractivity contribution is -0.135. The largest absolute Gasteiger partial charge is 0.329 e. The average Bonchev–Trinajstić information content (AvgIpc) is 2.77. The fourth-order valence-corrected chi connectivity index (χ4v) is 3.20. The van der Waals surface area contributed by atoms with Crippen molar-refractivity contribution in [2.75, 3.05) is 5.88 Å². The molecule has 0 bridgehead atoms. The highest BCUT2D eigenvalue weighted by molar-refractivity contribution is 6.17. The van der Waals surface area contributed by atoms with Gasteiger partial charge in [0.2, 0.25) is 11.8 Å². The molecule has 1 saturated heterocycles. The summed E-state index contributed by atoms with van der Waals surface area (Å²) in [5, 5.41) is 2.31. The maximum atomic E-state index is 12.6. The lowest BCUT2D eigenvalue weighted by Crippen LogP contribution is -2.44. The van der Waals surface area contributed by atoms with Crippen molar-refractivity contribution in [3.05, 3.63) is 34.2 Å². The van der Waals surface area contributed by atoms with Crippen LogP contribution in [-0.2, 0) is 23.1 Å². The zero-order valence-corrected chi connectivity index (χ0v) is 13.6. The van der Waals surface area contributed by atoms with Crippen LogP contribution < -0.4 is 11.0 Å². The standard InChI is InChI=1S/C16H18ClN3O3/c1-19-13-9-10(3-2-8-17)4-5-11(13)20(16(19)23)12-6-7-14(21)18-15(12)22/h4-5,9,12H,2-3,6-8H2,1H3,(H,18,21,22). The molecule has 23 heavy (non-hydrogen) atoms. The SMILES string of the molecule is Cn1c(=O)n(C2CCC(=O)NC2=O)c2ccc(CCCCl)cc21. The van der Waals surface area contributed by atoms with Crippen LogP contribution in [0.25, 0.3) is 11.0 Å². The summed E-state index contributed by atoms with van der Waals surface area (Å²) < 4.78 is 3.03. The van der Waals surface area contributed by atoms with Crippen LogP contribution in [0, 0.1) is 0 Å². The molecule has 1 N–H and O–H groups in total. The number of carbonyl (C=O) groups excluding carboxylic acids is 2. The van der Waals surface area contributed by atoms with Crippen molar-refractivity contribution in [1.29, 1.82) is 0 Å². The van der Waals surface area contributed by atoms with Crippen LogP contribution in [0.2, 0.25) is 0 Å². The molecule has 1 aromatic carbocycles. The summed E-state index contributed by atoms with van der Waals surface area (Å²) in [4.78, 5) is 36.0. The summed E-state index contributed by atoms with van der Waals surface area (Å²) in [5.74, 6) is -0.112. The second-order valence-electron chi connectivity index (χ2n) is 5.79. The molecule has 1 aliphatic rings. The number of rotatable bonds is 4. The molecule has 1 aromatic heterocycles. The van der Waals surface area contributed by atoms with Crippen LogP contribution in [0.15, 0.2) is 23.0 Å². The van der Waals surface area contributed by atoms with Crippen molar-refractivity contribution in [2.45, 2.75) is 31.7 Å². The molecule has 3 rings (SSSR count). The fraction of sp³-hybridized carbons (Fsp3) is 0.438. The van der Waals surface area contributed by atoms with E-state index < -0.39 is 11.9 Å². The quantitative estimate of drug-likeness (QED) is 0.679. The van der Waals surface area contributed by atoms with E-state index in [1.165, 1.54) is 4.57 Å². The van der Waals surface area contributed by atoms with Gasteiger partial charge in [0, 0.05) is 19.3 Å². The third-order valence-corrected chi connectivity index (χ3v) is 4.54. The predicted octanol–water partition coefficient (Wildman–Crippen LogP) is 1.49. The smallest absolute Gasteiger partial charge is 0.295 e. The van der Waals surface area contributed by atoms with Gasteiger partial charge in [-0.25, -0.2) is 4.79 Å². The molecule has 2 heterocycles. The number of nitrogens with zero attached hydrogens (tertiary/aromatic N) is 2. The summed E-state index contributed by atoms with van der Waals surface area (Å²) in [6.45, 7) is 0. The van der Waals surface area contributed by atoms with Crippen molar-refractivity contribution in [3.63, 3.8) is 0 Å². The van der Waals surface area contributed by atoms with Crippen molar-refractivity contribution in [1.82, 2.24) is 14.5 Å². The Bertz CT molecular complexity index is 837. The molecule has 2 aromatic rings. The number of carbonyl (C=O) groups is 2. The first-order valence-electron chi connectivity index (χ1n) is 7.62. The Kier molecular flexibility index (Phi) is 4.26. The molecule has 0 saturated carbocycles. The topological polar surface area (TPSA) is 73.1 Å². The van der Waals surface area contributed by atoms with Crippen molar-refractivity contribution in [2.24, 2.45) is 7.05 Å². The van der Waals surface area contributed by atoms with E-state index >= 15 is 0 Å². The molecule has 0 radical (unpaired) electrons. The monoisotopic (exact) mass is 335 g/mol. The van der Waals surface area contributed by atoms with E-state index in [1.807, 2.05) is 18.2 Å². The van der Waals surface area contributed by atoms with Gasteiger partial charge in [-0.1, -0.05) is 6.07 Å². The van der Waals surface area contributed by atoms with E-state index in [2.05, 4.69) is 5.32 Å². The minimum atomic E-state index is -0.641. The summed E-state index contributed by atoms with van der Waals surface area (Å²) in [5.41, 5.74) is 2.35. The van der Waals surface area contributed by atoms with Gasteiger partial charge in [0.25, 0.3) is 0 Å². The molecule has 0 aliphatic carbocycles. The molecular formula is C16H18ClN3O3. The number of hydrogen-bond acceptors (Lipinski definition) is 3. The van der Waals surface area contributed by atoms with Gasteiger partial charge in [0.1, 0.15) is 6.04 Å². The van der Waals surface area contributed by atoms with Gasteiger partial charge in [-0.2, -0.15) is 0 Å². The average molecular weight is 336 g/mol. The number of nitrogens with one attached hydrogen (secondary N) is 1. The first kappa shape index (κ1) is 15.8. The summed E-state index contributed by atoms with van der Waals surface area (Å²) in [6.07, 6.45) is 2.30. The maximum absolute atomic E-state index is 12.6. The number of amides is 2. The van der Waals surface area contributed by atoms with Crippen molar-refractivity contribution < 1.29 is 9.59 Å². The van der Waals surface area contributed by atoms with Gasteiger partial charge in [-0.3, -0.25) is 24.0 Å². The summed E-state index contributed by atoms with van der Waals surface area (Å²) in [6, 6.07) is 5.14. The number of alkyl halides is 1. The number of aromatic nitrogens is 2. The minimum absolute atomic E-state index is 0.243. The lowest BCUT2D eigenvalue weighted by atomic mass is 10.1. The van der Waals surface area contributed by atoms with Crippen LogP contribution in [0.5, 0.6) is 0 Å². The molecule has 122 valence electrons. The third-order valence-electron chi connectivity index (χ3n) is 4.27. The zero-order valence-electron chi connectivity index (χ0n) is 12.8. The number of piperidine rings is 1. The predicted molar refractivity (Wildman–Crippen MR) is 87.6 cm³/mol. The Morgan fingerprint density at radius 3 is 2.74 bits per heavy atom. The van der Waals surface area contributed by atoms with Crippen LogP contribution in [-0.4, -0.2) is 26.8 Å². The summed E-state index contributed by atoms with van der Waals surface area (Å²) in [7, 11) is 1.69. The Morgan fingerprint density at radius 2 is 2.04 bits per heavy atom. The molecule has 0 spiro atoms. The highest BCUT2D eigenvalue weighted by atomic mass is 35.5. The van der Waals surface area contributed by atoms with Crippen molar-refractivity contribution >= 4 is 34.4 Å². The highest BCUT2D eigenvalue weighted by Crippen LogP contribution is 2.24. The second kappa shape index (κ2) is 6.20. The zero-order chi connectivity index (χ0) is 16.6. The van der Waals surface area contributed by atoms with E-state index in [4.69, 9.17) is 11.6 Å². The van der Waals surface area contributed by atoms with Gasteiger partial charge in [-0.05, 0) is 37.0 Å². The molecule has 1 unspecified atom stereocenters. The molecule has 1 fully saturated rings. The number of fused-ring (bicyclic) bond motifs is 1. The molecule has 7 heteroatoms. The van der Waals surface area contributed by atoms with Crippen LogP contribution in [0.1, 0.15) is 30.9 Å². The van der Waals surface area contributed by atoms with E-state index in [0.29, 0.717) is 17.8 Å². The van der Waals surface area contributed by atoms with E-state index in [0.717, 1.165) is 23.9 Å². The number of aryl methyl sites for hydroxylation is 2. The second-order valence-corrected chi connectivity index (χ2v) is 6.17. The van der Waals surface area contributed by atoms with Crippen LogP contribution in [0.3, 0.4) is 0 Å². The Morgan fingerprint density at radius 1 is 1.26 bits per heavy atom. The number of imidazole rings is 1. The molecule has 1 aliphatic heterocycles.